The fourth-order valence-electron chi connectivity index (χ4n) is 1.92. The van der Waals surface area contributed by atoms with Gasteiger partial charge in [0, 0.05) is 17.1 Å². The van der Waals surface area contributed by atoms with Crippen LogP contribution in [0.2, 0.25) is 0 Å². The molecule has 1 aliphatic rings. The summed E-state index contributed by atoms with van der Waals surface area (Å²) < 4.78 is 5.06. The van der Waals surface area contributed by atoms with Crippen LogP contribution in [0.1, 0.15) is 17.0 Å². The van der Waals surface area contributed by atoms with E-state index in [9.17, 15) is 9.59 Å². The van der Waals surface area contributed by atoms with Crippen LogP contribution in [-0.4, -0.2) is 50.5 Å². The Labute approximate surface area is 125 Å². The van der Waals surface area contributed by atoms with E-state index in [1.165, 1.54) is 28.4 Å². The smallest absolute Gasteiger partial charge is 0.327 e. The Bertz CT molecular complexity index is 498. The molecular formula is C12H16N2O4S2. The molecule has 0 aromatic carbocycles. The fourth-order valence-corrected chi connectivity index (χ4v) is 4.15. The zero-order chi connectivity index (χ0) is 14.7. The molecular weight excluding hydrogens is 300 g/mol. The van der Waals surface area contributed by atoms with Gasteiger partial charge < -0.3 is 14.5 Å². The molecule has 1 atom stereocenters. The SMILES string of the molecule is Cc1noc(C)c1CSCC(=O)N1CSC[C@H]1C(=O)O. The third-order valence-corrected chi connectivity index (χ3v) is 5.10. The Hall–Kier alpha value is -1.15. The molecule has 0 radical (unpaired) electrons. The Morgan fingerprint density at radius 2 is 2.30 bits per heavy atom. The number of carbonyl (C=O) groups excluding carboxylic acids is 1. The molecule has 0 spiro atoms. The van der Waals surface area contributed by atoms with E-state index in [-0.39, 0.29) is 11.7 Å². The molecule has 1 aliphatic heterocycles. The first-order valence-corrected chi connectivity index (χ1v) is 8.41. The molecule has 1 aromatic rings. The summed E-state index contributed by atoms with van der Waals surface area (Å²) in [5.74, 6) is 1.55. The summed E-state index contributed by atoms with van der Waals surface area (Å²) in [6, 6.07) is -0.688. The lowest BCUT2D eigenvalue weighted by atomic mass is 10.2. The van der Waals surface area contributed by atoms with Crippen LogP contribution >= 0.6 is 23.5 Å². The standard InChI is InChI=1S/C12H16N2O4S2/c1-7-9(8(2)18-13-7)3-19-5-11(15)14-6-20-4-10(14)12(16)17/h10H,3-6H2,1-2H3,(H,16,17)/t10-/m0/s1. The molecule has 1 fully saturated rings. The maximum atomic E-state index is 12.0. The summed E-state index contributed by atoms with van der Waals surface area (Å²) in [6.45, 7) is 3.71. The van der Waals surface area contributed by atoms with E-state index in [1.807, 2.05) is 13.8 Å². The minimum atomic E-state index is -0.931. The van der Waals surface area contributed by atoms with Gasteiger partial charge in [0.15, 0.2) is 0 Å². The monoisotopic (exact) mass is 316 g/mol. The maximum absolute atomic E-state index is 12.0. The first-order valence-electron chi connectivity index (χ1n) is 6.10. The summed E-state index contributed by atoms with van der Waals surface area (Å²) in [4.78, 5) is 24.5. The van der Waals surface area contributed by atoms with Crippen LogP contribution in [0.15, 0.2) is 4.52 Å². The number of aliphatic carboxylic acids is 1. The lowest BCUT2D eigenvalue weighted by molar-refractivity contribution is -0.146. The van der Waals surface area contributed by atoms with Crippen molar-refractivity contribution in [2.24, 2.45) is 0 Å². The molecule has 0 unspecified atom stereocenters. The van der Waals surface area contributed by atoms with Crippen molar-refractivity contribution in [3.8, 4) is 0 Å². The maximum Gasteiger partial charge on any atom is 0.327 e. The molecule has 1 aromatic heterocycles. The van der Waals surface area contributed by atoms with Crippen LogP contribution in [0, 0.1) is 13.8 Å². The van der Waals surface area contributed by atoms with E-state index in [0.29, 0.717) is 17.4 Å². The highest BCUT2D eigenvalue weighted by molar-refractivity contribution is 7.99. The molecule has 110 valence electrons. The number of aryl methyl sites for hydroxylation is 2. The van der Waals surface area contributed by atoms with Crippen LogP contribution in [-0.2, 0) is 15.3 Å². The number of carboxylic acid groups (broad SMARTS) is 1. The first kappa shape index (κ1) is 15.2. The van der Waals surface area contributed by atoms with Crippen molar-refractivity contribution < 1.29 is 19.2 Å². The summed E-state index contributed by atoms with van der Waals surface area (Å²) in [5.41, 5.74) is 1.84. The van der Waals surface area contributed by atoms with Crippen LogP contribution in [0.3, 0.4) is 0 Å². The molecule has 2 heterocycles. The lowest BCUT2D eigenvalue weighted by Crippen LogP contribution is -2.42. The lowest BCUT2D eigenvalue weighted by Gasteiger charge is -2.20. The highest BCUT2D eigenvalue weighted by Gasteiger charge is 2.34. The van der Waals surface area contributed by atoms with Crippen molar-refractivity contribution in [2.75, 3.05) is 17.4 Å². The van der Waals surface area contributed by atoms with Gasteiger partial charge in [-0.05, 0) is 13.8 Å². The average Bonchev–Trinajstić information content (AvgIpc) is 2.99. The molecule has 20 heavy (non-hydrogen) atoms. The Balaban J connectivity index is 1.85. The van der Waals surface area contributed by atoms with Crippen LogP contribution < -0.4 is 0 Å². The van der Waals surface area contributed by atoms with E-state index in [1.54, 1.807) is 0 Å². The molecule has 0 aliphatic carbocycles. The summed E-state index contributed by atoms with van der Waals surface area (Å²) >= 11 is 2.93. The van der Waals surface area contributed by atoms with Gasteiger partial charge in [-0.3, -0.25) is 4.79 Å². The zero-order valence-corrected chi connectivity index (χ0v) is 12.9. The number of hydrogen-bond acceptors (Lipinski definition) is 6. The predicted octanol–water partition coefficient (Wildman–Crippen LogP) is 1.51. The summed E-state index contributed by atoms with van der Waals surface area (Å²) in [5, 5.41) is 12.9. The molecule has 1 saturated heterocycles. The molecule has 2 rings (SSSR count). The first-order chi connectivity index (χ1) is 9.50. The van der Waals surface area contributed by atoms with Crippen molar-refractivity contribution in [2.45, 2.75) is 25.6 Å². The molecule has 8 heteroatoms. The second-order valence-electron chi connectivity index (χ2n) is 4.51. The quantitative estimate of drug-likeness (QED) is 0.881. The third kappa shape index (κ3) is 3.29. The minimum absolute atomic E-state index is 0.126. The number of nitrogens with zero attached hydrogens (tertiary/aromatic N) is 2. The Morgan fingerprint density at radius 1 is 1.55 bits per heavy atom. The van der Waals surface area contributed by atoms with E-state index in [2.05, 4.69) is 5.16 Å². The second kappa shape index (κ2) is 6.53. The van der Waals surface area contributed by atoms with E-state index < -0.39 is 12.0 Å². The van der Waals surface area contributed by atoms with Crippen molar-refractivity contribution in [1.82, 2.24) is 10.1 Å². The van der Waals surface area contributed by atoms with Crippen molar-refractivity contribution in [3.05, 3.63) is 17.0 Å². The van der Waals surface area contributed by atoms with E-state index >= 15 is 0 Å². The summed E-state index contributed by atoms with van der Waals surface area (Å²) in [7, 11) is 0. The number of carbonyl (C=O) groups is 2. The highest BCUT2D eigenvalue weighted by atomic mass is 32.2. The third-order valence-electron chi connectivity index (χ3n) is 3.14. The zero-order valence-electron chi connectivity index (χ0n) is 11.3. The normalized spacial score (nSPS) is 18.5. The topological polar surface area (TPSA) is 83.6 Å². The minimum Gasteiger partial charge on any atom is -0.480 e. The molecule has 0 saturated carbocycles. The van der Waals surface area contributed by atoms with E-state index in [0.717, 1.165) is 17.0 Å². The number of aromatic nitrogens is 1. The average molecular weight is 316 g/mol. The molecule has 1 N–H and O–H groups in total. The van der Waals surface area contributed by atoms with Gasteiger partial charge in [-0.2, -0.15) is 0 Å². The summed E-state index contributed by atoms with van der Waals surface area (Å²) in [6.07, 6.45) is 0. The van der Waals surface area contributed by atoms with Crippen LogP contribution in [0.25, 0.3) is 0 Å². The fraction of sp³-hybridized carbons (Fsp3) is 0.583. The molecule has 1 amide bonds. The predicted molar refractivity (Wildman–Crippen MR) is 77.7 cm³/mol. The van der Waals surface area contributed by atoms with Gasteiger partial charge in [-0.25, -0.2) is 4.79 Å². The number of amides is 1. The Morgan fingerprint density at radius 3 is 2.90 bits per heavy atom. The van der Waals surface area contributed by atoms with Crippen molar-refractivity contribution in [3.63, 3.8) is 0 Å². The second-order valence-corrected chi connectivity index (χ2v) is 6.50. The van der Waals surface area contributed by atoms with Gasteiger partial charge in [0.25, 0.3) is 0 Å². The van der Waals surface area contributed by atoms with Crippen molar-refractivity contribution >= 4 is 35.4 Å². The van der Waals surface area contributed by atoms with Crippen LogP contribution in [0.4, 0.5) is 0 Å². The highest BCUT2D eigenvalue weighted by Crippen LogP contribution is 2.24. The molecule has 6 nitrogen and oxygen atoms in total. The van der Waals surface area contributed by atoms with Gasteiger partial charge in [-0.1, -0.05) is 5.16 Å². The van der Waals surface area contributed by atoms with Gasteiger partial charge in [-0.15, -0.1) is 23.5 Å². The van der Waals surface area contributed by atoms with Crippen LogP contribution in [0.5, 0.6) is 0 Å². The number of carboxylic acids is 1. The van der Waals surface area contributed by atoms with Gasteiger partial charge in [0.1, 0.15) is 11.8 Å². The number of thioether (sulfide) groups is 2. The van der Waals surface area contributed by atoms with Gasteiger partial charge in [0.05, 0.1) is 17.3 Å². The van der Waals surface area contributed by atoms with Gasteiger partial charge >= 0.3 is 5.97 Å². The molecule has 0 bridgehead atoms. The van der Waals surface area contributed by atoms with Gasteiger partial charge in [0.2, 0.25) is 5.91 Å². The number of rotatable bonds is 5. The number of hydrogen-bond donors (Lipinski definition) is 1. The Kier molecular flexibility index (Phi) is 4.98. The van der Waals surface area contributed by atoms with Crippen molar-refractivity contribution in [1.29, 1.82) is 0 Å². The van der Waals surface area contributed by atoms with E-state index in [4.69, 9.17) is 9.63 Å². The largest absolute Gasteiger partial charge is 0.480 e.